The van der Waals surface area contributed by atoms with E-state index in [4.69, 9.17) is 9.84 Å². The molecule has 0 saturated heterocycles. The van der Waals surface area contributed by atoms with Gasteiger partial charge in [-0.25, -0.2) is 4.79 Å². The molecule has 0 spiro atoms. The number of rotatable bonds is 9. The van der Waals surface area contributed by atoms with E-state index >= 15 is 0 Å². The van der Waals surface area contributed by atoms with Crippen LogP contribution in [0.15, 0.2) is 0 Å². The highest BCUT2D eigenvalue weighted by Gasteiger charge is 2.21. The summed E-state index contributed by atoms with van der Waals surface area (Å²) in [5, 5.41) is 13.9. The van der Waals surface area contributed by atoms with Crippen molar-refractivity contribution < 1.29 is 24.2 Å². The van der Waals surface area contributed by atoms with Gasteiger partial charge in [0.15, 0.2) is 0 Å². The van der Waals surface area contributed by atoms with E-state index in [0.29, 0.717) is 6.54 Å². The van der Waals surface area contributed by atoms with Gasteiger partial charge in [-0.15, -0.1) is 0 Å². The molecule has 0 aliphatic carbocycles. The minimum atomic E-state index is -1.13. The SMILES string of the molecule is CCCNC(=O)C(C)NC(=O)N(CCOC)CC(=O)O. The monoisotopic (exact) mass is 289 g/mol. The van der Waals surface area contributed by atoms with E-state index < -0.39 is 24.6 Å². The van der Waals surface area contributed by atoms with Crippen LogP contribution in [0.5, 0.6) is 0 Å². The van der Waals surface area contributed by atoms with Crippen LogP contribution in [0.3, 0.4) is 0 Å². The Labute approximate surface area is 118 Å². The smallest absolute Gasteiger partial charge is 0.323 e. The number of aliphatic carboxylic acids is 1. The highest BCUT2D eigenvalue weighted by Crippen LogP contribution is 1.93. The van der Waals surface area contributed by atoms with Crippen LogP contribution in [-0.2, 0) is 14.3 Å². The lowest BCUT2D eigenvalue weighted by molar-refractivity contribution is -0.137. The zero-order valence-corrected chi connectivity index (χ0v) is 12.1. The summed E-state index contributed by atoms with van der Waals surface area (Å²) in [7, 11) is 1.46. The maximum atomic E-state index is 11.9. The average Bonchev–Trinajstić information content (AvgIpc) is 2.39. The first-order chi connectivity index (χ1) is 9.42. The quantitative estimate of drug-likeness (QED) is 0.537. The number of carboxylic acid groups (broad SMARTS) is 1. The molecule has 0 saturated carbocycles. The van der Waals surface area contributed by atoms with Crippen LogP contribution in [0, 0.1) is 0 Å². The molecule has 0 rings (SSSR count). The third kappa shape index (κ3) is 7.57. The lowest BCUT2D eigenvalue weighted by atomic mass is 10.3. The van der Waals surface area contributed by atoms with Crippen LogP contribution >= 0.6 is 0 Å². The van der Waals surface area contributed by atoms with Crippen LogP contribution in [0.1, 0.15) is 20.3 Å². The molecule has 3 amide bonds. The fourth-order valence-electron chi connectivity index (χ4n) is 1.36. The van der Waals surface area contributed by atoms with E-state index in [1.54, 1.807) is 0 Å². The number of hydrogen-bond donors (Lipinski definition) is 3. The zero-order chi connectivity index (χ0) is 15.5. The second-order valence-electron chi connectivity index (χ2n) is 4.27. The number of hydrogen-bond acceptors (Lipinski definition) is 4. The predicted molar refractivity (Wildman–Crippen MR) is 72.4 cm³/mol. The van der Waals surface area contributed by atoms with Crippen LogP contribution in [0.4, 0.5) is 4.79 Å². The molecule has 0 aliphatic rings. The van der Waals surface area contributed by atoms with E-state index in [-0.39, 0.29) is 19.1 Å². The highest BCUT2D eigenvalue weighted by molar-refractivity contribution is 5.87. The van der Waals surface area contributed by atoms with Crippen LogP contribution in [0.25, 0.3) is 0 Å². The number of ether oxygens (including phenoxy) is 1. The Morgan fingerprint density at radius 2 is 2.00 bits per heavy atom. The van der Waals surface area contributed by atoms with Crippen molar-refractivity contribution in [2.45, 2.75) is 26.3 Å². The number of carbonyl (C=O) groups is 3. The van der Waals surface area contributed by atoms with Crippen molar-refractivity contribution in [3.63, 3.8) is 0 Å². The molecule has 0 bridgehead atoms. The fraction of sp³-hybridized carbons (Fsp3) is 0.750. The van der Waals surface area contributed by atoms with Gasteiger partial charge >= 0.3 is 12.0 Å². The summed E-state index contributed by atoms with van der Waals surface area (Å²) in [6.45, 7) is 3.90. The minimum absolute atomic E-state index is 0.137. The topological polar surface area (TPSA) is 108 Å². The Morgan fingerprint density at radius 3 is 2.50 bits per heavy atom. The molecule has 0 aliphatic heterocycles. The second kappa shape index (κ2) is 10.0. The summed E-state index contributed by atoms with van der Waals surface area (Å²) in [5.41, 5.74) is 0. The maximum absolute atomic E-state index is 11.9. The van der Waals surface area contributed by atoms with E-state index in [1.807, 2.05) is 6.92 Å². The standard InChI is InChI=1S/C12H23N3O5/c1-4-5-13-11(18)9(2)14-12(19)15(6-7-20-3)8-10(16)17/h9H,4-8H2,1-3H3,(H,13,18)(H,14,19)(H,16,17). The van der Waals surface area contributed by atoms with Crippen LogP contribution < -0.4 is 10.6 Å². The summed E-state index contributed by atoms with van der Waals surface area (Å²) in [6, 6.07) is -1.34. The lowest BCUT2D eigenvalue weighted by Gasteiger charge is -2.23. The van der Waals surface area contributed by atoms with Crippen LogP contribution in [0.2, 0.25) is 0 Å². The molecule has 0 radical (unpaired) electrons. The van der Waals surface area contributed by atoms with Crippen molar-refractivity contribution in [3.05, 3.63) is 0 Å². The highest BCUT2D eigenvalue weighted by atomic mass is 16.5. The van der Waals surface area contributed by atoms with Crippen molar-refractivity contribution in [1.82, 2.24) is 15.5 Å². The summed E-state index contributed by atoms with van der Waals surface area (Å²) in [6.07, 6.45) is 0.797. The molecule has 0 aromatic heterocycles. The average molecular weight is 289 g/mol. The molecule has 0 aromatic rings. The van der Waals surface area contributed by atoms with E-state index in [2.05, 4.69) is 10.6 Å². The third-order valence-electron chi connectivity index (χ3n) is 2.46. The summed E-state index contributed by atoms with van der Waals surface area (Å²) in [5.74, 6) is -1.43. The summed E-state index contributed by atoms with van der Waals surface area (Å²) in [4.78, 5) is 35.3. The summed E-state index contributed by atoms with van der Waals surface area (Å²) >= 11 is 0. The number of urea groups is 1. The first-order valence-electron chi connectivity index (χ1n) is 6.46. The van der Waals surface area contributed by atoms with Gasteiger partial charge < -0.3 is 25.4 Å². The third-order valence-corrected chi connectivity index (χ3v) is 2.46. The molecule has 8 nitrogen and oxygen atoms in total. The van der Waals surface area contributed by atoms with Gasteiger partial charge in [-0.05, 0) is 13.3 Å². The van der Waals surface area contributed by atoms with Gasteiger partial charge in [-0.1, -0.05) is 6.92 Å². The van der Waals surface area contributed by atoms with E-state index in [0.717, 1.165) is 11.3 Å². The maximum Gasteiger partial charge on any atom is 0.323 e. The van der Waals surface area contributed by atoms with Crippen molar-refractivity contribution in [2.24, 2.45) is 0 Å². The molecular formula is C12H23N3O5. The van der Waals surface area contributed by atoms with Crippen molar-refractivity contribution >= 4 is 17.9 Å². The first kappa shape index (κ1) is 18.2. The number of nitrogens with one attached hydrogen (secondary N) is 2. The molecule has 1 unspecified atom stereocenters. The predicted octanol–water partition coefficient (Wildman–Crippen LogP) is -0.356. The van der Waals surface area contributed by atoms with Gasteiger partial charge in [0.05, 0.1) is 6.61 Å². The van der Waals surface area contributed by atoms with Gasteiger partial charge in [0.1, 0.15) is 12.6 Å². The Morgan fingerprint density at radius 1 is 1.35 bits per heavy atom. The molecule has 3 N–H and O–H groups in total. The molecule has 1 atom stereocenters. The molecule has 116 valence electrons. The molecule has 0 fully saturated rings. The van der Waals surface area contributed by atoms with Gasteiger partial charge in [0, 0.05) is 20.2 Å². The largest absolute Gasteiger partial charge is 0.480 e. The normalized spacial score (nSPS) is 11.6. The Bertz CT molecular complexity index is 335. The van der Waals surface area contributed by atoms with Crippen molar-refractivity contribution in [2.75, 3.05) is 33.4 Å². The summed E-state index contributed by atoms with van der Waals surface area (Å²) < 4.78 is 4.82. The second-order valence-corrected chi connectivity index (χ2v) is 4.27. The zero-order valence-electron chi connectivity index (χ0n) is 12.1. The van der Waals surface area contributed by atoms with Gasteiger partial charge in [-0.2, -0.15) is 0 Å². The van der Waals surface area contributed by atoms with Gasteiger partial charge in [0.25, 0.3) is 0 Å². The van der Waals surface area contributed by atoms with Gasteiger partial charge in [0.2, 0.25) is 5.91 Å². The number of carbonyl (C=O) groups excluding carboxylic acids is 2. The molecular weight excluding hydrogens is 266 g/mol. The van der Waals surface area contributed by atoms with E-state index in [1.165, 1.54) is 14.0 Å². The number of amides is 3. The number of carboxylic acids is 1. The van der Waals surface area contributed by atoms with Crippen molar-refractivity contribution in [3.8, 4) is 0 Å². The molecule has 20 heavy (non-hydrogen) atoms. The first-order valence-corrected chi connectivity index (χ1v) is 6.46. The fourth-order valence-corrected chi connectivity index (χ4v) is 1.36. The molecule has 0 aromatic carbocycles. The lowest BCUT2D eigenvalue weighted by Crippen LogP contribution is -2.51. The Kier molecular flexibility index (Phi) is 9.10. The number of methoxy groups -OCH3 is 1. The van der Waals surface area contributed by atoms with E-state index in [9.17, 15) is 14.4 Å². The molecule has 0 heterocycles. The Hall–Kier alpha value is -1.83. The minimum Gasteiger partial charge on any atom is -0.480 e. The number of nitrogens with zero attached hydrogens (tertiary/aromatic N) is 1. The van der Waals surface area contributed by atoms with Crippen LogP contribution in [-0.4, -0.2) is 67.3 Å². The van der Waals surface area contributed by atoms with Gasteiger partial charge in [-0.3, -0.25) is 9.59 Å². The Balaban J connectivity index is 4.41. The molecule has 8 heteroatoms. The van der Waals surface area contributed by atoms with Crippen molar-refractivity contribution in [1.29, 1.82) is 0 Å².